The van der Waals surface area contributed by atoms with Crippen LogP contribution in [0.1, 0.15) is 5.56 Å². The predicted molar refractivity (Wildman–Crippen MR) is 62.1 cm³/mol. The second kappa shape index (κ2) is 3.22. The Labute approximate surface area is 93.8 Å². The van der Waals surface area contributed by atoms with Gasteiger partial charge in [0, 0.05) is 5.56 Å². The van der Waals surface area contributed by atoms with Gasteiger partial charge in [-0.3, -0.25) is 0 Å². The molecule has 82 valence electrons. The van der Waals surface area contributed by atoms with E-state index < -0.39 is 10.1 Å². The zero-order chi connectivity index (χ0) is 11.2. The highest BCUT2D eigenvalue weighted by atomic mass is 32.2. The van der Waals surface area contributed by atoms with E-state index in [9.17, 15) is 8.42 Å². The van der Waals surface area contributed by atoms with Crippen molar-refractivity contribution in [3.8, 4) is 5.75 Å². The molecular weight excluding hydrogens is 224 g/mol. The minimum Gasteiger partial charge on any atom is -0.382 e. The molecule has 0 radical (unpaired) electrons. The lowest BCUT2D eigenvalue weighted by molar-refractivity contribution is 0.474. The van der Waals surface area contributed by atoms with Gasteiger partial charge in [-0.1, -0.05) is 30.3 Å². The Hall–Kier alpha value is -1.55. The second-order valence-electron chi connectivity index (χ2n) is 3.86. The Bertz CT molecular complexity index is 659. The van der Waals surface area contributed by atoms with Gasteiger partial charge >= 0.3 is 10.1 Å². The van der Waals surface area contributed by atoms with Crippen LogP contribution in [0.5, 0.6) is 5.75 Å². The topological polar surface area (TPSA) is 43.4 Å². The van der Waals surface area contributed by atoms with Crippen molar-refractivity contribution in [1.82, 2.24) is 0 Å². The van der Waals surface area contributed by atoms with E-state index in [4.69, 9.17) is 4.18 Å². The van der Waals surface area contributed by atoms with Crippen LogP contribution >= 0.6 is 0 Å². The molecule has 3 nitrogen and oxygen atoms in total. The van der Waals surface area contributed by atoms with Gasteiger partial charge in [0.05, 0.1) is 5.75 Å². The van der Waals surface area contributed by atoms with E-state index in [1.54, 1.807) is 6.07 Å². The molecule has 2 aromatic rings. The van der Waals surface area contributed by atoms with Crippen LogP contribution < -0.4 is 4.18 Å². The van der Waals surface area contributed by atoms with Crippen molar-refractivity contribution in [3.05, 3.63) is 42.0 Å². The first kappa shape index (κ1) is 9.66. The maximum atomic E-state index is 11.3. The van der Waals surface area contributed by atoms with Crippen molar-refractivity contribution in [2.75, 3.05) is 5.75 Å². The fraction of sp³-hybridized carbons (Fsp3) is 0.167. The van der Waals surface area contributed by atoms with E-state index in [0.29, 0.717) is 12.2 Å². The smallest absolute Gasteiger partial charge is 0.309 e. The van der Waals surface area contributed by atoms with Crippen LogP contribution in [0.3, 0.4) is 0 Å². The standard InChI is InChI=1S/C12H10O3S/c13-16(14)8-7-11-10-4-2-1-3-9(10)5-6-12(11)15-16/h1-6H,7-8H2. The first-order valence-electron chi connectivity index (χ1n) is 5.08. The van der Waals surface area contributed by atoms with E-state index in [-0.39, 0.29) is 5.75 Å². The summed E-state index contributed by atoms with van der Waals surface area (Å²) in [6.07, 6.45) is 0.527. The Balaban J connectivity index is 2.29. The van der Waals surface area contributed by atoms with E-state index in [0.717, 1.165) is 16.3 Å². The van der Waals surface area contributed by atoms with Crippen LogP contribution in [-0.4, -0.2) is 14.2 Å². The van der Waals surface area contributed by atoms with Crippen molar-refractivity contribution >= 4 is 20.9 Å². The highest BCUT2D eigenvalue weighted by Gasteiger charge is 2.23. The van der Waals surface area contributed by atoms with Gasteiger partial charge in [0.1, 0.15) is 5.75 Å². The van der Waals surface area contributed by atoms with Crippen LogP contribution in [-0.2, 0) is 16.5 Å². The normalized spacial score (nSPS) is 17.8. The summed E-state index contributed by atoms with van der Waals surface area (Å²) in [5.41, 5.74) is 0.993. The van der Waals surface area contributed by atoms with Crippen LogP contribution in [0.2, 0.25) is 0 Å². The molecule has 1 heterocycles. The van der Waals surface area contributed by atoms with E-state index >= 15 is 0 Å². The Kier molecular flexibility index (Phi) is 1.94. The fourth-order valence-corrected chi connectivity index (χ4v) is 3.02. The van der Waals surface area contributed by atoms with Gasteiger partial charge in [-0.05, 0) is 23.3 Å². The molecule has 4 heteroatoms. The maximum absolute atomic E-state index is 11.3. The number of hydrogen-bond acceptors (Lipinski definition) is 3. The average Bonchev–Trinajstić information content (AvgIpc) is 2.27. The number of rotatable bonds is 0. The summed E-state index contributed by atoms with van der Waals surface area (Å²) in [4.78, 5) is 0. The fourth-order valence-electron chi connectivity index (χ4n) is 2.06. The molecule has 0 amide bonds. The third-order valence-electron chi connectivity index (χ3n) is 2.82. The number of hydrogen-bond donors (Lipinski definition) is 0. The van der Waals surface area contributed by atoms with Gasteiger partial charge in [-0.2, -0.15) is 8.42 Å². The van der Waals surface area contributed by atoms with Crippen molar-refractivity contribution in [3.63, 3.8) is 0 Å². The summed E-state index contributed by atoms with van der Waals surface area (Å²) in [5.74, 6) is 0.540. The van der Waals surface area contributed by atoms with Gasteiger partial charge in [0.25, 0.3) is 0 Å². The summed E-state index contributed by atoms with van der Waals surface area (Å²) in [6.45, 7) is 0. The molecule has 0 unspecified atom stereocenters. The first-order valence-corrected chi connectivity index (χ1v) is 6.66. The molecule has 3 rings (SSSR count). The molecule has 16 heavy (non-hydrogen) atoms. The van der Waals surface area contributed by atoms with Crippen molar-refractivity contribution < 1.29 is 12.6 Å². The van der Waals surface area contributed by atoms with Crippen molar-refractivity contribution in [1.29, 1.82) is 0 Å². The molecule has 1 aliphatic rings. The highest BCUT2D eigenvalue weighted by Crippen LogP contribution is 2.32. The van der Waals surface area contributed by atoms with Crippen molar-refractivity contribution in [2.45, 2.75) is 6.42 Å². The molecular formula is C12H10O3S. The molecule has 0 fully saturated rings. The zero-order valence-electron chi connectivity index (χ0n) is 8.51. The monoisotopic (exact) mass is 234 g/mol. The van der Waals surface area contributed by atoms with E-state index in [1.807, 2.05) is 30.3 Å². The molecule has 0 aliphatic carbocycles. The molecule has 0 saturated heterocycles. The van der Waals surface area contributed by atoms with Gasteiger partial charge in [0.15, 0.2) is 0 Å². The molecule has 1 aliphatic heterocycles. The summed E-state index contributed by atoms with van der Waals surface area (Å²) < 4.78 is 27.7. The third-order valence-corrected chi connectivity index (χ3v) is 3.95. The molecule has 0 N–H and O–H groups in total. The third kappa shape index (κ3) is 1.46. The Morgan fingerprint density at radius 2 is 1.88 bits per heavy atom. The lowest BCUT2D eigenvalue weighted by Gasteiger charge is -2.18. The molecule has 2 aromatic carbocycles. The van der Waals surface area contributed by atoms with E-state index in [1.165, 1.54) is 0 Å². The minimum absolute atomic E-state index is 0.0635. The summed E-state index contributed by atoms with van der Waals surface area (Å²) in [6, 6.07) is 11.5. The molecule has 0 saturated carbocycles. The van der Waals surface area contributed by atoms with Crippen LogP contribution in [0.15, 0.2) is 36.4 Å². The van der Waals surface area contributed by atoms with Crippen molar-refractivity contribution in [2.24, 2.45) is 0 Å². The molecule has 0 atom stereocenters. The van der Waals surface area contributed by atoms with Crippen LogP contribution in [0.25, 0.3) is 10.8 Å². The zero-order valence-corrected chi connectivity index (χ0v) is 9.33. The number of benzene rings is 2. The van der Waals surface area contributed by atoms with Gasteiger partial charge < -0.3 is 4.18 Å². The quantitative estimate of drug-likeness (QED) is 0.656. The largest absolute Gasteiger partial charge is 0.382 e. The van der Waals surface area contributed by atoms with Gasteiger partial charge in [0.2, 0.25) is 0 Å². The Morgan fingerprint density at radius 3 is 2.75 bits per heavy atom. The summed E-state index contributed by atoms with van der Waals surface area (Å²) in [5, 5.41) is 2.19. The second-order valence-corrected chi connectivity index (χ2v) is 5.55. The highest BCUT2D eigenvalue weighted by molar-refractivity contribution is 7.87. The summed E-state index contributed by atoms with van der Waals surface area (Å²) >= 11 is 0. The summed E-state index contributed by atoms with van der Waals surface area (Å²) in [7, 11) is -3.36. The maximum Gasteiger partial charge on any atom is 0.309 e. The minimum atomic E-state index is -3.36. The van der Waals surface area contributed by atoms with Gasteiger partial charge in [-0.25, -0.2) is 0 Å². The number of aryl methyl sites for hydroxylation is 1. The lowest BCUT2D eigenvalue weighted by atomic mass is 10.0. The molecule has 0 spiro atoms. The van der Waals surface area contributed by atoms with Gasteiger partial charge in [-0.15, -0.1) is 0 Å². The lowest BCUT2D eigenvalue weighted by Crippen LogP contribution is -2.21. The Morgan fingerprint density at radius 1 is 1.06 bits per heavy atom. The van der Waals surface area contributed by atoms with Crippen LogP contribution in [0.4, 0.5) is 0 Å². The first-order chi connectivity index (χ1) is 7.66. The SMILES string of the molecule is O=S1(=O)CCc2c(ccc3ccccc23)O1. The molecule has 0 bridgehead atoms. The predicted octanol–water partition coefficient (Wildman–Crippen LogP) is 2.10. The molecule has 0 aromatic heterocycles. The van der Waals surface area contributed by atoms with Crippen LogP contribution in [0, 0.1) is 0 Å². The van der Waals surface area contributed by atoms with E-state index in [2.05, 4.69) is 0 Å². The average molecular weight is 234 g/mol. The number of fused-ring (bicyclic) bond motifs is 3.